The average Bonchev–Trinajstić information content (AvgIpc) is 2.30. The summed E-state index contributed by atoms with van der Waals surface area (Å²) in [5, 5.41) is 0.152. The van der Waals surface area contributed by atoms with Gasteiger partial charge in [0.05, 0.1) is 0 Å². The van der Waals surface area contributed by atoms with Gasteiger partial charge in [0, 0.05) is 0 Å². The molecule has 0 aromatic rings. The van der Waals surface area contributed by atoms with Crippen molar-refractivity contribution < 1.29 is 9.22 Å². The van der Waals surface area contributed by atoms with E-state index in [4.69, 9.17) is 4.43 Å². The topological polar surface area (TPSA) is 26.3 Å². The molecule has 112 valence electrons. The van der Waals surface area contributed by atoms with Crippen LogP contribution in [0, 0.1) is 0 Å². The van der Waals surface area contributed by atoms with Crippen LogP contribution in [0.5, 0.6) is 0 Å². The molecule has 19 heavy (non-hydrogen) atoms. The summed E-state index contributed by atoms with van der Waals surface area (Å²) >= 11 is 0. The van der Waals surface area contributed by atoms with Crippen LogP contribution in [0.4, 0.5) is 0 Å². The van der Waals surface area contributed by atoms with Gasteiger partial charge in [-0.15, -0.1) is 0 Å². The summed E-state index contributed by atoms with van der Waals surface area (Å²) < 4.78 is 6.10. The maximum absolute atomic E-state index is 11.1. The summed E-state index contributed by atoms with van der Waals surface area (Å²) in [7, 11) is -1.84. The van der Waals surface area contributed by atoms with E-state index in [1.54, 1.807) is 0 Å². The van der Waals surface area contributed by atoms with Gasteiger partial charge in [-0.3, -0.25) is 0 Å². The van der Waals surface area contributed by atoms with Crippen molar-refractivity contribution >= 4 is 14.6 Å². The highest BCUT2D eigenvalue weighted by atomic mass is 28.4. The summed E-state index contributed by atoms with van der Waals surface area (Å²) in [6.45, 7) is 13.2. The number of carbonyl (C=O) groups excluding carboxylic acids is 1. The Morgan fingerprint density at radius 3 is 2.26 bits per heavy atom. The molecule has 1 atom stereocenters. The van der Waals surface area contributed by atoms with E-state index in [-0.39, 0.29) is 11.1 Å². The molecule has 0 saturated carbocycles. The van der Waals surface area contributed by atoms with Crippen LogP contribution < -0.4 is 0 Å². The minimum Gasteiger partial charge on any atom is -0.407 e. The van der Waals surface area contributed by atoms with Gasteiger partial charge in [0.15, 0.2) is 8.32 Å². The third-order valence-electron chi connectivity index (χ3n) is 3.91. The van der Waals surface area contributed by atoms with Crippen LogP contribution in [-0.4, -0.2) is 20.7 Å². The Balaban J connectivity index is 4.19. The van der Waals surface area contributed by atoms with Crippen LogP contribution in [-0.2, 0) is 9.22 Å². The molecule has 3 heteroatoms. The van der Waals surface area contributed by atoms with Crippen LogP contribution in [0.3, 0.4) is 0 Å². The average molecular weight is 285 g/mol. The lowest BCUT2D eigenvalue weighted by Crippen LogP contribution is -2.44. The lowest BCUT2D eigenvalue weighted by molar-refractivity contribution is -0.114. The molecule has 0 rings (SSSR count). The van der Waals surface area contributed by atoms with Gasteiger partial charge >= 0.3 is 0 Å². The van der Waals surface area contributed by atoms with Gasteiger partial charge in [-0.1, -0.05) is 52.7 Å². The third kappa shape index (κ3) is 7.68. The van der Waals surface area contributed by atoms with Crippen molar-refractivity contribution in [2.24, 2.45) is 0 Å². The van der Waals surface area contributed by atoms with E-state index in [0.717, 1.165) is 12.7 Å². The van der Waals surface area contributed by atoms with E-state index in [1.165, 1.54) is 19.3 Å². The van der Waals surface area contributed by atoms with Gasteiger partial charge in [0.25, 0.3) is 0 Å². The Labute approximate surface area is 120 Å². The lowest BCUT2D eigenvalue weighted by Gasteiger charge is -2.37. The first kappa shape index (κ1) is 18.6. The van der Waals surface area contributed by atoms with Crippen LogP contribution in [0.1, 0.15) is 59.8 Å². The van der Waals surface area contributed by atoms with Gasteiger partial charge in [0.1, 0.15) is 12.4 Å². The normalized spacial score (nSPS) is 14.8. The quantitative estimate of drug-likeness (QED) is 0.255. The van der Waals surface area contributed by atoms with E-state index in [1.807, 2.05) is 0 Å². The standard InChI is InChI=1S/C16H32O2Si/c1-7-8-9-10-11-12-13-15(14-17)18-19(5,6)16(2,3)4/h11-12,14-15H,7-10,13H2,1-6H3/t15-/m1/s1. The fourth-order valence-corrected chi connectivity index (χ4v) is 2.81. The van der Waals surface area contributed by atoms with Crippen molar-refractivity contribution in [2.45, 2.75) is 84.0 Å². The van der Waals surface area contributed by atoms with E-state index in [9.17, 15) is 4.79 Å². The number of hydrogen-bond acceptors (Lipinski definition) is 2. The number of carbonyl (C=O) groups is 1. The Bertz CT molecular complexity index is 277. The van der Waals surface area contributed by atoms with Gasteiger partial charge in [-0.2, -0.15) is 0 Å². The summed E-state index contributed by atoms with van der Waals surface area (Å²) in [6.07, 6.45) is 10.5. The van der Waals surface area contributed by atoms with Gasteiger partial charge < -0.3 is 9.22 Å². The Hall–Kier alpha value is -0.413. The second kappa shape index (κ2) is 8.70. The predicted octanol–water partition coefficient (Wildman–Crippen LogP) is 5.10. The molecule has 0 saturated heterocycles. The SMILES string of the molecule is CCCCCC=CC[C@H](C=O)O[Si](C)(C)C(C)(C)C. The van der Waals surface area contributed by atoms with E-state index in [2.05, 4.69) is 52.9 Å². The molecule has 0 bridgehead atoms. The molecule has 0 spiro atoms. The van der Waals surface area contributed by atoms with E-state index < -0.39 is 8.32 Å². The van der Waals surface area contributed by atoms with Crippen molar-refractivity contribution in [1.82, 2.24) is 0 Å². The minimum atomic E-state index is -1.84. The van der Waals surface area contributed by atoms with Crippen molar-refractivity contribution in [3.8, 4) is 0 Å². The smallest absolute Gasteiger partial charge is 0.193 e. The fraction of sp³-hybridized carbons (Fsp3) is 0.812. The molecule has 0 aliphatic carbocycles. The lowest BCUT2D eigenvalue weighted by atomic mass is 10.2. The van der Waals surface area contributed by atoms with Crippen LogP contribution in [0.2, 0.25) is 18.1 Å². The summed E-state index contributed by atoms with van der Waals surface area (Å²) in [6, 6.07) is 0. The molecule has 0 aromatic carbocycles. The zero-order valence-corrected chi connectivity index (χ0v) is 14.7. The second-order valence-corrected chi connectivity index (χ2v) is 11.5. The van der Waals surface area contributed by atoms with Crippen molar-refractivity contribution in [3.63, 3.8) is 0 Å². The number of aldehydes is 1. The maximum Gasteiger partial charge on any atom is 0.193 e. The first-order valence-electron chi connectivity index (χ1n) is 7.52. The highest BCUT2D eigenvalue weighted by molar-refractivity contribution is 6.74. The highest BCUT2D eigenvalue weighted by Crippen LogP contribution is 2.37. The number of allylic oxidation sites excluding steroid dienone is 1. The molecule has 0 aliphatic heterocycles. The second-order valence-electron chi connectivity index (χ2n) is 6.76. The molecule has 0 N–H and O–H groups in total. The predicted molar refractivity (Wildman–Crippen MR) is 86.0 cm³/mol. The van der Waals surface area contributed by atoms with Gasteiger partial charge in [-0.05, 0) is 37.4 Å². The zero-order valence-electron chi connectivity index (χ0n) is 13.7. The summed E-state index contributed by atoms with van der Waals surface area (Å²) in [5.41, 5.74) is 0. The van der Waals surface area contributed by atoms with Crippen molar-refractivity contribution in [1.29, 1.82) is 0 Å². The molecular weight excluding hydrogens is 252 g/mol. The molecule has 0 aliphatic rings. The molecule has 0 heterocycles. The zero-order chi connectivity index (χ0) is 14.9. The van der Waals surface area contributed by atoms with Crippen LogP contribution in [0.25, 0.3) is 0 Å². The molecule has 0 aromatic heterocycles. The molecule has 0 fully saturated rings. The van der Waals surface area contributed by atoms with Crippen LogP contribution in [0.15, 0.2) is 12.2 Å². The molecule has 2 nitrogen and oxygen atoms in total. The Kier molecular flexibility index (Phi) is 8.51. The Morgan fingerprint density at radius 1 is 1.16 bits per heavy atom. The summed E-state index contributed by atoms with van der Waals surface area (Å²) in [5.74, 6) is 0. The highest BCUT2D eigenvalue weighted by Gasteiger charge is 2.38. The maximum atomic E-state index is 11.1. The molecule has 0 radical (unpaired) electrons. The van der Waals surface area contributed by atoms with E-state index in [0.29, 0.717) is 6.42 Å². The number of rotatable bonds is 9. The van der Waals surface area contributed by atoms with E-state index >= 15 is 0 Å². The van der Waals surface area contributed by atoms with Gasteiger partial charge in [0.2, 0.25) is 0 Å². The van der Waals surface area contributed by atoms with Gasteiger partial charge in [-0.25, -0.2) is 0 Å². The molecule has 0 amide bonds. The molecule has 0 unspecified atom stereocenters. The monoisotopic (exact) mass is 284 g/mol. The molecular formula is C16H32O2Si. The van der Waals surface area contributed by atoms with Crippen molar-refractivity contribution in [2.75, 3.05) is 0 Å². The first-order valence-corrected chi connectivity index (χ1v) is 10.4. The van der Waals surface area contributed by atoms with Crippen LogP contribution >= 0.6 is 0 Å². The fourth-order valence-electron chi connectivity index (χ4n) is 1.55. The number of unbranched alkanes of at least 4 members (excludes halogenated alkanes) is 3. The Morgan fingerprint density at radius 2 is 1.79 bits per heavy atom. The largest absolute Gasteiger partial charge is 0.407 e. The third-order valence-corrected chi connectivity index (χ3v) is 8.42. The first-order chi connectivity index (χ1) is 8.74. The minimum absolute atomic E-state index is 0.152. The van der Waals surface area contributed by atoms with Crippen molar-refractivity contribution in [3.05, 3.63) is 12.2 Å². The number of hydrogen-bond donors (Lipinski definition) is 0. The summed E-state index contributed by atoms with van der Waals surface area (Å²) in [4.78, 5) is 11.1.